The van der Waals surface area contributed by atoms with Crippen LogP contribution in [0.1, 0.15) is 19.3 Å². The number of benzene rings is 1. The van der Waals surface area contributed by atoms with Crippen LogP contribution in [0.25, 0.3) is 0 Å². The maximum absolute atomic E-state index is 6.01. The standard InChI is InChI=1S/C13H18N2O/c1-16-10-3-4-11(14)12(7-10)15-8-13(9-15)5-2-6-13/h3-4,7H,2,5-6,8-9,14H2,1H3. The molecule has 0 amide bonds. The summed E-state index contributed by atoms with van der Waals surface area (Å²) in [7, 11) is 1.69. The minimum atomic E-state index is 0.634. The van der Waals surface area contributed by atoms with Crippen molar-refractivity contribution in [3.8, 4) is 5.75 Å². The van der Waals surface area contributed by atoms with E-state index in [1.807, 2.05) is 18.2 Å². The van der Waals surface area contributed by atoms with E-state index in [4.69, 9.17) is 10.5 Å². The summed E-state index contributed by atoms with van der Waals surface area (Å²) >= 11 is 0. The Morgan fingerprint density at radius 2 is 2.06 bits per heavy atom. The van der Waals surface area contributed by atoms with Gasteiger partial charge >= 0.3 is 0 Å². The van der Waals surface area contributed by atoms with Crippen molar-refractivity contribution in [1.29, 1.82) is 0 Å². The topological polar surface area (TPSA) is 38.5 Å². The third kappa shape index (κ3) is 1.34. The second-order valence-corrected chi connectivity index (χ2v) is 5.13. The Labute approximate surface area is 96.2 Å². The second kappa shape index (κ2) is 3.30. The molecule has 1 aliphatic carbocycles. The van der Waals surface area contributed by atoms with Crippen molar-refractivity contribution in [2.24, 2.45) is 5.41 Å². The van der Waals surface area contributed by atoms with E-state index >= 15 is 0 Å². The molecule has 1 aromatic carbocycles. The summed E-state index contributed by atoms with van der Waals surface area (Å²) < 4.78 is 5.24. The summed E-state index contributed by atoms with van der Waals surface area (Å²) in [6.07, 6.45) is 4.20. The summed E-state index contributed by atoms with van der Waals surface area (Å²) in [5.74, 6) is 0.888. The molecule has 0 aromatic heterocycles. The highest BCUT2D eigenvalue weighted by molar-refractivity contribution is 5.71. The summed E-state index contributed by atoms with van der Waals surface area (Å²) in [5.41, 5.74) is 8.63. The van der Waals surface area contributed by atoms with Gasteiger partial charge in [0.15, 0.2) is 0 Å². The lowest BCUT2D eigenvalue weighted by Crippen LogP contribution is -2.60. The minimum Gasteiger partial charge on any atom is -0.497 e. The maximum atomic E-state index is 6.01. The van der Waals surface area contributed by atoms with E-state index in [1.54, 1.807) is 7.11 Å². The molecular weight excluding hydrogens is 200 g/mol. The summed E-state index contributed by atoms with van der Waals surface area (Å²) in [4.78, 5) is 2.37. The molecule has 16 heavy (non-hydrogen) atoms. The number of hydrogen-bond donors (Lipinski definition) is 1. The number of methoxy groups -OCH3 is 1. The van der Waals surface area contributed by atoms with Gasteiger partial charge in [-0.15, -0.1) is 0 Å². The molecule has 1 aromatic rings. The molecule has 0 bridgehead atoms. The van der Waals surface area contributed by atoms with Crippen LogP contribution in [-0.2, 0) is 0 Å². The van der Waals surface area contributed by atoms with Crippen LogP contribution in [0.15, 0.2) is 18.2 Å². The fourth-order valence-corrected chi connectivity index (χ4v) is 2.85. The number of anilines is 2. The van der Waals surface area contributed by atoms with Crippen LogP contribution >= 0.6 is 0 Å². The largest absolute Gasteiger partial charge is 0.497 e. The van der Waals surface area contributed by atoms with Gasteiger partial charge in [0.1, 0.15) is 5.75 Å². The van der Waals surface area contributed by atoms with E-state index in [2.05, 4.69) is 4.90 Å². The highest BCUT2D eigenvalue weighted by Gasteiger charge is 2.47. The first-order valence-corrected chi connectivity index (χ1v) is 5.91. The van der Waals surface area contributed by atoms with Crippen LogP contribution in [0.5, 0.6) is 5.75 Å². The summed E-state index contributed by atoms with van der Waals surface area (Å²) in [6.45, 7) is 2.34. The highest BCUT2D eigenvalue weighted by atomic mass is 16.5. The van der Waals surface area contributed by atoms with Crippen LogP contribution in [0, 0.1) is 5.41 Å². The maximum Gasteiger partial charge on any atom is 0.121 e. The van der Waals surface area contributed by atoms with E-state index in [9.17, 15) is 0 Å². The van der Waals surface area contributed by atoms with Crippen LogP contribution in [-0.4, -0.2) is 20.2 Å². The quantitative estimate of drug-likeness (QED) is 0.774. The number of nitrogens with two attached hydrogens (primary N) is 1. The van der Waals surface area contributed by atoms with Crippen molar-refractivity contribution in [2.75, 3.05) is 30.8 Å². The molecule has 1 spiro atoms. The zero-order chi connectivity index (χ0) is 11.2. The van der Waals surface area contributed by atoms with E-state index in [0.717, 1.165) is 17.1 Å². The van der Waals surface area contributed by atoms with Crippen molar-refractivity contribution >= 4 is 11.4 Å². The summed E-state index contributed by atoms with van der Waals surface area (Å²) in [5, 5.41) is 0. The van der Waals surface area contributed by atoms with Crippen LogP contribution in [0.4, 0.5) is 11.4 Å². The van der Waals surface area contributed by atoms with Crippen LogP contribution in [0.2, 0.25) is 0 Å². The van der Waals surface area contributed by atoms with Crippen molar-refractivity contribution in [3.05, 3.63) is 18.2 Å². The molecule has 0 unspecified atom stereocenters. The van der Waals surface area contributed by atoms with Crippen LogP contribution < -0.4 is 15.4 Å². The monoisotopic (exact) mass is 218 g/mol. The molecule has 2 aliphatic rings. The molecule has 1 saturated heterocycles. The number of nitrogens with zero attached hydrogens (tertiary/aromatic N) is 1. The third-order valence-electron chi connectivity index (χ3n) is 4.05. The van der Waals surface area contributed by atoms with Gasteiger partial charge in [-0.3, -0.25) is 0 Å². The molecule has 1 saturated carbocycles. The third-order valence-corrected chi connectivity index (χ3v) is 4.05. The Kier molecular flexibility index (Phi) is 2.03. The van der Waals surface area contributed by atoms with E-state index in [0.29, 0.717) is 5.41 Å². The van der Waals surface area contributed by atoms with Crippen molar-refractivity contribution in [1.82, 2.24) is 0 Å². The van der Waals surface area contributed by atoms with Gasteiger partial charge in [-0.2, -0.15) is 0 Å². The predicted octanol–water partition coefficient (Wildman–Crippen LogP) is 2.27. The lowest BCUT2D eigenvalue weighted by molar-refractivity contribution is 0.0905. The molecule has 3 rings (SSSR count). The first-order chi connectivity index (χ1) is 7.72. The normalized spacial score (nSPS) is 21.4. The Bertz CT molecular complexity index is 404. The molecule has 1 aliphatic heterocycles. The fourth-order valence-electron chi connectivity index (χ4n) is 2.85. The lowest BCUT2D eigenvalue weighted by Gasteiger charge is -2.57. The molecule has 1 heterocycles. The van der Waals surface area contributed by atoms with Gasteiger partial charge in [0.2, 0.25) is 0 Å². The van der Waals surface area contributed by atoms with Gasteiger partial charge in [0.05, 0.1) is 18.5 Å². The minimum absolute atomic E-state index is 0.634. The fraction of sp³-hybridized carbons (Fsp3) is 0.538. The van der Waals surface area contributed by atoms with Crippen molar-refractivity contribution in [2.45, 2.75) is 19.3 Å². The van der Waals surface area contributed by atoms with Gasteiger partial charge in [-0.25, -0.2) is 0 Å². The van der Waals surface area contributed by atoms with Gasteiger partial charge in [0.25, 0.3) is 0 Å². The molecule has 86 valence electrons. The SMILES string of the molecule is COc1ccc(N)c(N2CC3(CCC3)C2)c1. The van der Waals surface area contributed by atoms with Crippen LogP contribution in [0.3, 0.4) is 0 Å². The predicted molar refractivity (Wildman–Crippen MR) is 65.9 cm³/mol. The van der Waals surface area contributed by atoms with Gasteiger partial charge < -0.3 is 15.4 Å². The average molecular weight is 218 g/mol. The molecule has 2 fully saturated rings. The Balaban J connectivity index is 1.79. The number of rotatable bonds is 2. The zero-order valence-corrected chi connectivity index (χ0v) is 9.70. The van der Waals surface area contributed by atoms with Crippen molar-refractivity contribution < 1.29 is 4.74 Å². The smallest absolute Gasteiger partial charge is 0.121 e. The summed E-state index contributed by atoms with van der Waals surface area (Å²) in [6, 6.07) is 5.89. The van der Waals surface area contributed by atoms with E-state index in [1.165, 1.54) is 32.4 Å². The average Bonchev–Trinajstić information content (AvgIpc) is 2.16. The Morgan fingerprint density at radius 3 is 2.62 bits per heavy atom. The molecule has 0 atom stereocenters. The number of nitrogen functional groups attached to an aromatic ring is 1. The molecule has 2 N–H and O–H groups in total. The zero-order valence-electron chi connectivity index (χ0n) is 9.70. The Morgan fingerprint density at radius 1 is 1.31 bits per heavy atom. The van der Waals surface area contributed by atoms with Gasteiger partial charge in [-0.1, -0.05) is 6.42 Å². The van der Waals surface area contributed by atoms with Gasteiger partial charge in [-0.05, 0) is 25.0 Å². The van der Waals surface area contributed by atoms with Crippen molar-refractivity contribution in [3.63, 3.8) is 0 Å². The first kappa shape index (κ1) is 9.82. The second-order valence-electron chi connectivity index (χ2n) is 5.13. The molecular formula is C13H18N2O. The lowest BCUT2D eigenvalue weighted by atomic mass is 9.63. The number of ether oxygens (including phenoxy) is 1. The van der Waals surface area contributed by atoms with Gasteiger partial charge in [0, 0.05) is 24.6 Å². The first-order valence-electron chi connectivity index (χ1n) is 5.91. The number of hydrogen-bond acceptors (Lipinski definition) is 3. The van der Waals surface area contributed by atoms with E-state index in [-0.39, 0.29) is 0 Å². The Hall–Kier alpha value is -1.38. The molecule has 0 radical (unpaired) electrons. The molecule has 3 heteroatoms. The van der Waals surface area contributed by atoms with E-state index < -0.39 is 0 Å². The highest BCUT2D eigenvalue weighted by Crippen LogP contribution is 2.50. The molecule has 3 nitrogen and oxygen atoms in total.